The van der Waals surface area contributed by atoms with Gasteiger partial charge in [0.05, 0.1) is 18.3 Å². The van der Waals surface area contributed by atoms with E-state index in [1.807, 2.05) is 24.3 Å². The van der Waals surface area contributed by atoms with E-state index in [9.17, 15) is 9.90 Å². The lowest BCUT2D eigenvalue weighted by molar-refractivity contribution is -0.121. The first kappa shape index (κ1) is 17.2. The van der Waals surface area contributed by atoms with Gasteiger partial charge in [-0.3, -0.25) is 4.79 Å². The molecule has 130 valence electrons. The van der Waals surface area contributed by atoms with Gasteiger partial charge in [0, 0.05) is 24.0 Å². The lowest BCUT2D eigenvalue weighted by atomic mass is 10.1. The summed E-state index contributed by atoms with van der Waals surface area (Å²) in [6, 6.07) is 12.7. The minimum Gasteiger partial charge on any atom is -0.507 e. The number of hydrogen-bond donors (Lipinski definition) is 2. The number of nitrogens with one attached hydrogen (secondary N) is 1. The number of phenols is 1. The maximum absolute atomic E-state index is 11.9. The molecule has 1 aromatic heterocycles. The number of aryl methyl sites for hydroxylation is 1. The average molecular weight is 347 g/mol. The van der Waals surface area contributed by atoms with E-state index in [-0.39, 0.29) is 18.1 Å². The van der Waals surface area contributed by atoms with E-state index < -0.39 is 0 Å². The van der Waals surface area contributed by atoms with Crippen LogP contribution in [0.4, 0.5) is 0 Å². The molecule has 0 aliphatic rings. The van der Waals surface area contributed by atoms with Crippen molar-refractivity contribution in [1.29, 1.82) is 0 Å². The number of fused-ring (bicyclic) bond motifs is 1. The minimum absolute atomic E-state index is 0.0672. The number of rotatable bonds is 6. The maximum atomic E-state index is 11.9. The standard InChI is InChI=1S/C19H17N5O2/c1-2-6-14-7-5-8-15(19(14)26)13-20-22-18(25)11-12-24-17-10-4-3-9-16(17)21-23-24/h1,3-5,7-10,13,26H,6,11-12H2,(H,22,25)/b20-13+. The Bertz CT molecular complexity index is 1000. The summed E-state index contributed by atoms with van der Waals surface area (Å²) in [4.78, 5) is 11.9. The van der Waals surface area contributed by atoms with Gasteiger partial charge < -0.3 is 5.11 Å². The van der Waals surface area contributed by atoms with Crippen molar-refractivity contribution in [3.05, 3.63) is 53.6 Å². The van der Waals surface area contributed by atoms with E-state index in [4.69, 9.17) is 6.42 Å². The van der Waals surface area contributed by atoms with E-state index >= 15 is 0 Å². The summed E-state index contributed by atoms with van der Waals surface area (Å²) in [5.74, 6) is 2.28. The summed E-state index contributed by atoms with van der Waals surface area (Å²) in [7, 11) is 0. The van der Waals surface area contributed by atoms with Crippen LogP contribution in [0.2, 0.25) is 0 Å². The Hall–Kier alpha value is -3.66. The molecule has 7 nitrogen and oxygen atoms in total. The van der Waals surface area contributed by atoms with Gasteiger partial charge in [0.25, 0.3) is 0 Å². The fourth-order valence-corrected chi connectivity index (χ4v) is 2.49. The fourth-order valence-electron chi connectivity index (χ4n) is 2.49. The first-order chi connectivity index (χ1) is 12.7. The van der Waals surface area contributed by atoms with Gasteiger partial charge in [0.15, 0.2) is 0 Å². The van der Waals surface area contributed by atoms with Crippen LogP contribution in [-0.4, -0.2) is 32.2 Å². The molecule has 0 fully saturated rings. The minimum atomic E-state index is -0.264. The second-order valence-electron chi connectivity index (χ2n) is 5.58. The Morgan fingerprint density at radius 1 is 1.31 bits per heavy atom. The highest BCUT2D eigenvalue weighted by molar-refractivity contribution is 5.85. The van der Waals surface area contributed by atoms with E-state index in [1.54, 1.807) is 22.9 Å². The zero-order valence-corrected chi connectivity index (χ0v) is 14.0. The highest BCUT2D eigenvalue weighted by Gasteiger charge is 2.07. The quantitative estimate of drug-likeness (QED) is 0.404. The maximum Gasteiger partial charge on any atom is 0.241 e. The number of nitrogens with zero attached hydrogens (tertiary/aromatic N) is 4. The molecule has 3 rings (SSSR count). The molecule has 3 aromatic rings. The molecule has 2 aromatic carbocycles. The van der Waals surface area contributed by atoms with Crippen molar-refractivity contribution in [3.63, 3.8) is 0 Å². The number of phenolic OH excluding ortho intramolecular Hbond substituents is 1. The van der Waals surface area contributed by atoms with Crippen LogP contribution < -0.4 is 5.43 Å². The van der Waals surface area contributed by atoms with Crippen LogP contribution >= 0.6 is 0 Å². The van der Waals surface area contributed by atoms with Crippen molar-refractivity contribution in [1.82, 2.24) is 20.4 Å². The Balaban J connectivity index is 1.57. The van der Waals surface area contributed by atoms with Crippen molar-refractivity contribution in [2.45, 2.75) is 19.4 Å². The van der Waals surface area contributed by atoms with Gasteiger partial charge in [0.2, 0.25) is 5.91 Å². The van der Waals surface area contributed by atoms with E-state index in [0.29, 0.717) is 24.1 Å². The summed E-state index contributed by atoms with van der Waals surface area (Å²) in [5.41, 5.74) is 5.22. The predicted octanol–water partition coefficient (Wildman–Crippen LogP) is 1.85. The Kier molecular flexibility index (Phi) is 5.25. The number of carbonyl (C=O) groups excluding carboxylic acids is 1. The molecular formula is C19H17N5O2. The Morgan fingerprint density at radius 3 is 3.00 bits per heavy atom. The van der Waals surface area contributed by atoms with Gasteiger partial charge in [-0.05, 0) is 18.2 Å². The average Bonchev–Trinajstić information content (AvgIpc) is 3.06. The molecule has 0 spiro atoms. The van der Waals surface area contributed by atoms with Crippen molar-refractivity contribution in [2.75, 3.05) is 0 Å². The number of amides is 1. The lowest BCUT2D eigenvalue weighted by Gasteiger charge is -2.04. The smallest absolute Gasteiger partial charge is 0.241 e. The number of benzene rings is 2. The molecule has 0 unspecified atom stereocenters. The van der Waals surface area contributed by atoms with Crippen LogP contribution in [0.3, 0.4) is 0 Å². The number of hydrazone groups is 1. The second-order valence-corrected chi connectivity index (χ2v) is 5.58. The summed E-state index contributed by atoms with van der Waals surface area (Å²) >= 11 is 0. The number of para-hydroxylation sites is 2. The monoisotopic (exact) mass is 347 g/mol. The Morgan fingerprint density at radius 2 is 2.15 bits per heavy atom. The highest BCUT2D eigenvalue weighted by Crippen LogP contribution is 2.21. The van der Waals surface area contributed by atoms with Gasteiger partial charge in [-0.1, -0.05) is 29.5 Å². The number of carbonyl (C=O) groups is 1. The molecule has 0 bridgehead atoms. The van der Waals surface area contributed by atoms with Crippen molar-refractivity contribution in [2.24, 2.45) is 5.10 Å². The van der Waals surface area contributed by atoms with Crippen LogP contribution in [0.25, 0.3) is 11.0 Å². The Labute approximate surface area is 150 Å². The molecule has 26 heavy (non-hydrogen) atoms. The van der Waals surface area contributed by atoms with E-state index in [0.717, 1.165) is 11.0 Å². The van der Waals surface area contributed by atoms with Gasteiger partial charge in [-0.25, -0.2) is 10.1 Å². The van der Waals surface area contributed by atoms with Crippen LogP contribution in [0.5, 0.6) is 5.75 Å². The molecule has 2 N–H and O–H groups in total. The molecule has 0 saturated heterocycles. The van der Waals surface area contributed by atoms with Gasteiger partial charge in [-0.15, -0.1) is 17.4 Å². The predicted molar refractivity (Wildman–Crippen MR) is 98.5 cm³/mol. The summed E-state index contributed by atoms with van der Waals surface area (Å²) in [5, 5.41) is 22.1. The molecule has 0 aliphatic heterocycles. The topological polar surface area (TPSA) is 92.4 Å². The van der Waals surface area contributed by atoms with Gasteiger partial charge in [0.1, 0.15) is 11.3 Å². The molecular weight excluding hydrogens is 330 g/mol. The first-order valence-corrected chi connectivity index (χ1v) is 8.03. The third-order valence-corrected chi connectivity index (χ3v) is 3.81. The number of terminal acetylenes is 1. The summed E-state index contributed by atoms with van der Waals surface area (Å²) in [6.07, 6.45) is 7.18. The van der Waals surface area contributed by atoms with Crippen molar-refractivity contribution in [3.8, 4) is 18.1 Å². The van der Waals surface area contributed by atoms with E-state index in [1.165, 1.54) is 6.21 Å². The molecule has 0 saturated carbocycles. The molecule has 0 radical (unpaired) electrons. The normalized spacial score (nSPS) is 10.9. The van der Waals surface area contributed by atoms with Crippen molar-refractivity contribution < 1.29 is 9.90 Å². The van der Waals surface area contributed by atoms with Crippen LogP contribution in [0, 0.1) is 12.3 Å². The molecule has 0 aliphatic carbocycles. The summed E-state index contributed by atoms with van der Waals surface area (Å²) in [6.45, 7) is 0.394. The van der Waals surface area contributed by atoms with E-state index in [2.05, 4.69) is 26.8 Å². The van der Waals surface area contributed by atoms with Crippen LogP contribution in [-0.2, 0) is 17.8 Å². The van der Waals surface area contributed by atoms with Gasteiger partial charge >= 0.3 is 0 Å². The van der Waals surface area contributed by atoms with Crippen LogP contribution in [0.1, 0.15) is 17.5 Å². The second kappa shape index (κ2) is 7.94. The highest BCUT2D eigenvalue weighted by atomic mass is 16.3. The summed E-state index contributed by atoms with van der Waals surface area (Å²) < 4.78 is 1.67. The fraction of sp³-hybridized carbons (Fsp3) is 0.158. The third-order valence-electron chi connectivity index (χ3n) is 3.81. The number of hydrogen-bond acceptors (Lipinski definition) is 5. The molecule has 1 heterocycles. The largest absolute Gasteiger partial charge is 0.507 e. The number of aromatic nitrogens is 3. The van der Waals surface area contributed by atoms with Crippen LogP contribution in [0.15, 0.2) is 47.6 Å². The molecule has 0 atom stereocenters. The zero-order valence-electron chi connectivity index (χ0n) is 14.0. The molecule has 7 heteroatoms. The first-order valence-electron chi connectivity index (χ1n) is 8.03. The number of aromatic hydroxyl groups is 1. The van der Waals surface area contributed by atoms with Crippen molar-refractivity contribution >= 4 is 23.2 Å². The third kappa shape index (κ3) is 3.87. The molecule has 1 amide bonds. The SMILES string of the molecule is C#CCc1cccc(/C=N/NC(=O)CCn2nnc3ccccc32)c1O. The lowest BCUT2D eigenvalue weighted by Crippen LogP contribution is -2.19. The van der Waals surface area contributed by atoms with Gasteiger partial charge in [-0.2, -0.15) is 5.10 Å². The zero-order chi connectivity index (χ0) is 18.4.